The molecule has 21 heavy (non-hydrogen) atoms. The fraction of sp³-hybridized carbons (Fsp3) is 0.562. The van der Waals surface area contributed by atoms with Gasteiger partial charge in [0.1, 0.15) is 0 Å². The Hall–Kier alpha value is -1.10. The second-order valence-electron chi connectivity index (χ2n) is 5.63. The average Bonchev–Trinajstić information content (AvgIpc) is 2.49. The maximum absolute atomic E-state index is 11.4. The van der Waals surface area contributed by atoms with Crippen LogP contribution in [0.4, 0.5) is 0 Å². The van der Waals surface area contributed by atoms with Gasteiger partial charge in [-0.3, -0.25) is 9.69 Å². The monoisotopic (exact) mass is 309 g/mol. The number of likely N-dealkylation sites (N-methyl/N-ethyl adjacent to an activating group) is 1. The van der Waals surface area contributed by atoms with Gasteiger partial charge in [0.2, 0.25) is 5.91 Å². The molecule has 0 saturated carbocycles. The van der Waals surface area contributed by atoms with Crippen LogP contribution in [-0.4, -0.2) is 43.5 Å². The van der Waals surface area contributed by atoms with Gasteiger partial charge >= 0.3 is 0 Å². The second-order valence-corrected chi connectivity index (χ2v) is 6.04. The molecule has 116 valence electrons. The second kappa shape index (κ2) is 7.78. The Bertz CT molecular complexity index is 472. The Balaban J connectivity index is 1.81. The van der Waals surface area contributed by atoms with Crippen molar-refractivity contribution in [1.29, 1.82) is 0 Å². The molecule has 5 heteroatoms. The highest BCUT2D eigenvalue weighted by Crippen LogP contribution is 2.24. The number of piperidine rings is 1. The van der Waals surface area contributed by atoms with Crippen LogP contribution >= 0.6 is 11.6 Å². The van der Waals surface area contributed by atoms with Crippen molar-refractivity contribution in [3.63, 3.8) is 0 Å². The van der Waals surface area contributed by atoms with Gasteiger partial charge in [0.05, 0.1) is 6.54 Å². The van der Waals surface area contributed by atoms with E-state index in [2.05, 4.69) is 28.5 Å². The van der Waals surface area contributed by atoms with Crippen molar-refractivity contribution in [2.75, 3.05) is 26.7 Å². The van der Waals surface area contributed by atoms with Gasteiger partial charge < -0.3 is 10.6 Å². The molecule has 1 aromatic rings. The number of carbonyl (C=O) groups is 1. The van der Waals surface area contributed by atoms with E-state index in [1.54, 1.807) is 7.05 Å². The summed E-state index contributed by atoms with van der Waals surface area (Å²) in [5.41, 5.74) is 1.15. The summed E-state index contributed by atoms with van der Waals surface area (Å²) >= 11 is 6.24. The van der Waals surface area contributed by atoms with Gasteiger partial charge in [0, 0.05) is 37.2 Å². The van der Waals surface area contributed by atoms with Crippen molar-refractivity contribution in [3.8, 4) is 0 Å². The number of nitrogens with zero attached hydrogens (tertiary/aromatic N) is 1. The highest BCUT2D eigenvalue weighted by Gasteiger charge is 2.22. The van der Waals surface area contributed by atoms with Crippen LogP contribution in [-0.2, 0) is 4.79 Å². The topological polar surface area (TPSA) is 44.4 Å². The molecule has 1 unspecified atom stereocenters. The van der Waals surface area contributed by atoms with Crippen molar-refractivity contribution >= 4 is 17.5 Å². The predicted molar refractivity (Wildman–Crippen MR) is 86.5 cm³/mol. The van der Waals surface area contributed by atoms with Gasteiger partial charge in [0.15, 0.2) is 0 Å². The number of nitrogens with one attached hydrogen (secondary N) is 2. The number of likely N-dealkylation sites (tertiary alicyclic amines) is 1. The molecule has 0 spiro atoms. The number of benzene rings is 1. The molecule has 1 aliphatic heterocycles. The Morgan fingerprint density at radius 2 is 2.05 bits per heavy atom. The molecule has 0 bridgehead atoms. The van der Waals surface area contributed by atoms with Crippen LogP contribution in [0.25, 0.3) is 0 Å². The van der Waals surface area contributed by atoms with E-state index in [-0.39, 0.29) is 11.9 Å². The first-order valence-corrected chi connectivity index (χ1v) is 7.91. The molecule has 1 saturated heterocycles. The molecule has 2 N–H and O–H groups in total. The Labute approximate surface area is 131 Å². The number of carbonyl (C=O) groups excluding carboxylic acids is 1. The molecular weight excluding hydrogens is 286 g/mol. The Kier molecular flexibility index (Phi) is 6.03. The van der Waals surface area contributed by atoms with Crippen LogP contribution in [0.1, 0.15) is 31.4 Å². The lowest BCUT2D eigenvalue weighted by atomic mass is 10.0. The van der Waals surface area contributed by atoms with Crippen LogP contribution in [0.5, 0.6) is 0 Å². The third kappa shape index (κ3) is 4.70. The minimum absolute atomic E-state index is 0.0887. The largest absolute Gasteiger partial charge is 0.358 e. The summed E-state index contributed by atoms with van der Waals surface area (Å²) in [5.74, 6) is 0.0887. The van der Waals surface area contributed by atoms with Gasteiger partial charge in [0.25, 0.3) is 0 Å². The number of amides is 1. The smallest absolute Gasteiger partial charge is 0.233 e. The normalized spacial score (nSPS) is 18.4. The summed E-state index contributed by atoms with van der Waals surface area (Å²) in [4.78, 5) is 13.6. The van der Waals surface area contributed by atoms with E-state index in [4.69, 9.17) is 11.6 Å². The zero-order valence-corrected chi connectivity index (χ0v) is 13.5. The summed E-state index contributed by atoms with van der Waals surface area (Å²) in [5, 5.41) is 7.14. The van der Waals surface area contributed by atoms with Crippen LogP contribution in [0.2, 0.25) is 5.02 Å². The highest BCUT2D eigenvalue weighted by molar-refractivity contribution is 6.31. The lowest BCUT2D eigenvalue weighted by Crippen LogP contribution is -2.46. The first-order chi connectivity index (χ1) is 10.1. The van der Waals surface area contributed by atoms with Crippen LogP contribution < -0.4 is 10.6 Å². The molecule has 1 heterocycles. The lowest BCUT2D eigenvalue weighted by Gasteiger charge is -2.33. The first-order valence-electron chi connectivity index (χ1n) is 7.53. The molecule has 1 fully saturated rings. The minimum Gasteiger partial charge on any atom is -0.358 e. The van der Waals surface area contributed by atoms with Crippen molar-refractivity contribution in [1.82, 2.24) is 15.5 Å². The van der Waals surface area contributed by atoms with E-state index in [0.717, 1.165) is 36.5 Å². The van der Waals surface area contributed by atoms with Crippen molar-refractivity contribution in [3.05, 3.63) is 34.9 Å². The molecule has 0 aliphatic carbocycles. The van der Waals surface area contributed by atoms with Crippen LogP contribution in [0, 0.1) is 0 Å². The van der Waals surface area contributed by atoms with Crippen molar-refractivity contribution in [2.24, 2.45) is 0 Å². The molecular formula is C16H24ClN3O. The maximum Gasteiger partial charge on any atom is 0.233 e. The van der Waals surface area contributed by atoms with Gasteiger partial charge in [-0.05, 0) is 31.4 Å². The number of halogens is 1. The maximum atomic E-state index is 11.4. The van der Waals surface area contributed by atoms with E-state index in [9.17, 15) is 4.79 Å². The molecule has 1 atom stereocenters. The molecule has 4 nitrogen and oxygen atoms in total. The summed E-state index contributed by atoms with van der Waals surface area (Å²) in [6, 6.07) is 8.70. The molecule has 1 aromatic carbocycles. The van der Waals surface area contributed by atoms with E-state index in [1.807, 2.05) is 18.2 Å². The third-order valence-electron chi connectivity index (χ3n) is 4.09. The molecule has 2 rings (SSSR count). The first kappa shape index (κ1) is 16.3. The Morgan fingerprint density at radius 3 is 2.67 bits per heavy atom. The quantitative estimate of drug-likeness (QED) is 0.876. The summed E-state index contributed by atoms with van der Waals surface area (Å²) in [6.45, 7) is 4.57. The fourth-order valence-electron chi connectivity index (χ4n) is 2.81. The predicted octanol–water partition coefficient (Wildman–Crippen LogP) is 2.20. The van der Waals surface area contributed by atoms with Gasteiger partial charge in [-0.1, -0.05) is 29.8 Å². The minimum atomic E-state index is 0.0887. The van der Waals surface area contributed by atoms with Crippen LogP contribution in [0.15, 0.2) is 24.3 Å². The van der Waals surface area contributed by atoms with Gasteiger partial charge in [-0.15, -0.1) is 0 Å². The van der Waals surface area contributed by atoms with Crippen LogP contribution in [0.3, 0.4) is 0 Å². The number of hydrogen-bond acceptors (Lipinski definition) is 3. The molecule has 1 aliphatic rings. The summed E-state index contributed by atoms with van der Waals surface area (Å²) < 4.78 is 0. The highest BCUT2D eigenvalue weighted by atomic mass is 35.5. The molecule has 0 aromatic heterocycles. The molecule has 1 amide bonds. The average molecular weight is 310 g/mol. The number of rotatable bonds is 5. The SMILES string of the molecule is CNC(=O)CN1CCC(NC(C)c2ccccc2Cl)CC1. The van der Waals surface area contributed by atoms with E-state index in [1.165, 1.54) is 0 Å². The zero-order valence-electron chi connectivity index (χ0n) is 12.7. The molecule has 0 radical (unpaired) electrons. The summed E-state index contributed by atoms with van der Waals surface area (Å²) in [6.07, 6.45) is 2.12. The lowest BCUT2D eigenvalue weighted by molar-refractivity contribution is -0.122. The van der Waals surface area contributed by atoms with Crippen molar-refractivity contribution < 1.29 is 4.79 Å². The zero-order chi connectivity index (χ0) is 15.2. The van der Waals surface area contributed by atoms with E-state index >= 15 is 0 Å². The van der Waals surface area contributed by atoms with E-state index < -0.39 is 0 Å². The fourth-order valence-corrected chi connectivity index (χ4v) is 3.11. The van der Waals surface area contributed by atoms with Crippen molar-refractivity contribution in [2.45, 2.75) is 31.8 Å². The third-order valence-corrected chi connectivity index (χ3v) is 4.44. The standard InChI is InChI=1S/C16H24ClN3O/c1-12(14-5-3-4-6-15(14)17)19-13-7-9-20(10-8-13)11-16(21)18-2/h3-6,12-13,19H,7-11H2,1-2H3,(H,18,21). The Morgan fingerprint density at radius 1 is 1.38 bits per heavy atom. The van der Waals surface area contributed by atoms with Gasteiger partial charge in [-0.2, -0.15) is 0 Å². The summed E-state index contributed by atoms with van der Waals surface area (Å²) in [7, 11) is 1.68. The van der Waals surface area contributed by atoms with E-state index in [0.29, 0.717) is 12.6 Å². The number of hydrogen-bond donors (Lipinski definition) is 2. The van der Waals surface area contributed by atoms with Gasteiger partial charge in [-0.25, -0.2) is 0 Å².